The molecule has 0 aliphatic carbocycles. The standard InChI is InChI=1S/C21H25Cl2N3O3/c1-5-18-19(26-11-15(29-4)10-14(26)12-28-3)21(27)25(6-2)20(24-18)16-8-7-13(22)9-17(16)23/h7-9,11,14H,5-6,10,12H2,1-4H3. The Morgan fingerprint density at radius 3 is 2.59 bits per heavy atom. The summed E-state index contributed by atoms with van der Waals surface area (Å²) in [5.41, 5.74) is 1.82. The van der Waals surface area contributed by atoms with Gasteiger partial charge in [0.25, 0.3) is 5.56 Å². The van der Waals surface area contributed by atoms with E-state index in [1.54, 1.807) is 37.0 Å². The van der Waals surface area contributed by atoms with Gasteiger partial charge in [-0.25, -0.2) is 4.98 Å². The summed E-state index contributed by atoms with van der Waals surface area (Å²) in [5, 5.41) is 0.995. The van der Waals surface area contributed by atoms with Gasteiger partial charge in [-0.2, -0.15) is 0 Å². The highest BCUT2D eigenvalue weighted by Gasteiger charge is 2.31. The topological polar surface area (TPSA) is 56.6 Å². The van der Waals surface area contributed by atoms with Crippen molar-refractivity contribution in [2.45, 2.75) is 39.3 Å². The second kappa shape index (κ2) is 9.20. The van der Waals surface area contributed by atoms with Crippen molar-refractivity contribution in [2.24, 2.45) is 0 Å². The van der Waals surface area contributed by atoms with Crippen LogP contribution in [0.3, 0.4) is 0 Å². The van der Waals surface area contributed by atoms with E-state index in [4.69, 9.17) is 37.7 Å². The smallest absolute Gasteiger partial charge is 0.277 e. The summed E-state index contributed by atoms with van der Waals surface area (Å²) in [6, 6.07) is 5.18. The first kappa shape index (κ1) is 21.7. The van der Waals surface area contributed by atoms with Crippen LogP contribution in [0.4, 0.5) is 5.69 Å². The molecule has 3 rings (SSSR count). The van der Waals surface area contributed by atoms with Crippen molar-refractivity contribution in [1.82, 2.24) is 9.55 Å². The SMILES string of the molecule is CCc1nc(-c2ccc(Cl)cc2Cl)n(CC)c(=O)c1N1C=C(OC)CC1COC. The molecule has 2 aromatic rings. The Kier molecular flexibility index (Phi) is 6.88. The van der Waals surface area contributed by atoms with Gasteiger partial charge in [0.1, 0.15) is 17.3 Å². The van der Waals surface area contributed by atoms with E-state index in [2.05, 4.69) is 0 Å². The van der Waals surface area contributed by atoms with Crippen molar-refractivity contribution in [1.29, 1.82) is 0 Å². The van der Waals surface area contributed by atoms with Gasteiger partial charge < -0.3 is 14.4 Å². The lowest BCUT2D eigenvalue weighted by atomic mass is 10.1. The molecule has 29 heavy (non-hydrogen) atoms. The minimum Gasteiger partial charge on any atom is -0.499 e. The van der Waals surface area contributed by atoms with Crippen LogP contribution >= 0.6 is 23.2 Å². The zero-order valence-corrected chi connectivity index (χ0v) is 18.5. The second-order valence-electron chi connectivity index (χ2n) is 6.78. The van der Waals surface area contributed by atoms with E-state index in [1.165, 1.54) is 0 Å². The van der Waals surface area contributed by atoms with E-state index >= 15 is 0 Å². The molecule has 1 unspecified atom stereocenters. The lowest BCUT2D eigenvalue weighted by molar-refractivity contribution is 0.175. The van der Waals surface area contributed by atoms with Crippen LogP contribution in [0.2, 0.25) is 10.0 Å². The predicted molar refractivity (Wildman–Crippen MR) is 117 cm³/mol. The fourth-order valence-electron chi connectivity index (χ4n) is 3.62. The van der Waals surface area contributed by atoms with Crippen molar-refractivity contribution >= 4 is 28.9 Å². The number of benzene rings is 1. The predicted octanol–water partition coefficient (Wildman–Crippen LogP) is 4.51. The molecule has 1 atom stereocenters. The Morgan fingerprint density at radius 2 is 2.00 bits per heavy atom. The first-order chi connectivity index (χ1) is 13.9. The average molecular weight is 438 g/mol. The van der Waals surface area contributed by atoms with Gasteiger partial charge in [0, 0.05) is 36.9 Å². The molecule has 1 aromatic heterocycles. The van der Waals surface area contributed by atoms with Gasteiger partial charge in [-0.3, -0.25) is 9.36 Å². The molecule has 2 heterocycles. The molecule has 0 spiro atoms. The molecule has 8 heteroatoms. The normalized spacial score (nSPS) is 16.3. The van der Waals surface area contributed by atoms with E-state index in [0.717, 1.165) is 5.76 Å². The molecule has 0 bridgehead atoms. The number of rotatable bonds is 7. The lowest BCUT2D eigenvalue weighted by Crippen LogP contribution is -2.38. The van der Waals surface area contributed by atoms with Gasteiger partial charge >= 0.3 is 0 Å². The van der Waals surface area contributed by atoms with Gasteiger partial charge in [0.15, 0.2) is 0 Å². The van der Waals surface area contributed by atoms with Gasteiger partial charge in [0.05, 0.1) is 30.5 Å². The molecule has 0 radical (unpaired) electrons. The fourth-order valence-corrected chi connectivity index (χ4v) is 4.12. The third-order valence-corrected chi connectivity index (χ3v) is 5.58. The molecule has 156 valence electrons. The lowest BCUT2D eigenvalue weighted by Gasteiger charge is -2.27. The highest BCUT2D eigenvalue weighted by atomic mass is 35.5. The number of hydrogen-bond acceptors (Lipinski definition) is 5. The third-order valence-electron chi connectivity index (χ3n) is 5.03. The maximum absolute atomic E-state index is 13.6. The molecule has 0 N–H and O–H groups in total. The zero-order chi connectivity index (χ0) is 21.1. The van der Waals surface area contributed by atoms with Crippen LogP contribution in [0.25, 0.3) is 11.4 Å². The summed E-state index contributed by atoms with van der Waals surface area (Å²) < 4.78 is 12.4. The first-order valence-corrected chi connectivity index (χ1v) is 10.3. The number of nitrogens with zero attached hydrogens (tertiary/aromatic N) is 3. The van der Waals surface area contributed by atoms with Crippen molar-refractivity contribution < 1.29 is 9.47 Å². The summed E-state index contributed by atoms with van der Waals surface area (Å²) in [7, 11) is 3.28. The number of methoxy groups -OCH3 is 2. The van der Waals surface area contributed by atoms with Crippen LogP contribution in [0.15, 0.2) is 35.0 Å². The minimum atomic E-state index is -0.116. The number of halogens is 2. The van der Waals surface area contributed by atoms with Gasteiger partial charge in [-0.05, 0) is 31.5 Å². The summed E-state index contributed by atoms with van der Waals surface area (Å²) in [6.45, 7) is 4.83. The molecule has 0 saturated carbocycles. The number of hydrogen-bond donors (Lipinski definition) is 0. The molecule has 0 fully saturated rings. The minimum absolute atomic E-state index is 0.0231. The van der Waals surface area contributed by atoms with Gasteiger partial charge in [-0.15, -0.1) is 0 Å². The number of ether oxygens (including phenoxy) is 2. The second-order valence-corrected chi connectivity index (χ2v) is 7.62. The quantitative estimate of drug-likeness (QED) is 0.637. The van der Waals surface area contributed by atoms with Crippen LogP contribution in [-0.2, 0) is 22.4 Å². The van der Waals surface area contributed by atoms with Gasteiger partial charge in [0.2, 0.25) is 0 Å². The van der Waals surface area contributed by atoms with Crippen LogP contribution in [0.5, 0.6) is 0 Å². The summed E-state index contributed by atoms with van der Waals surface area (Å²) in [5.74, 6) is 1.35. The Labute approximate surface area is 180 Å². The molecule has 1 aliphatic heterocycles. The van der Waals surface area contributed by atoms with Crippen LogP contribution < -0.4 is 10.5 Å². The average Bonchev–Trinajstić information content (AvgIpc) is 3.10. The highest BCUT2D eigenvalue weighted by Crippen LogP contribution is 2.33. The Balaban J connectivity index is 2.22. The van der Waals surface area contributed by atoms with E-state index < -0.39 is 0 Å². The molecule has 6 nitrogen and oxygen atoms in total. The van der Waals surface area contributed by atoms with Crippen molar-refractivity contribution in [3.8, 4) is 11.4 Å². The largest absolute Gasteiger partial charge is 0.499 e. The molecular formula is C21H25Cl2N3O3. The van der Waals surface area contributed by atoms with Crippen molar-refractivity contribution in [3.63, 3.8) is 0 Å². The van der Waals surface area contributed by atoms with E-state index in [0.29, 0.717) is 58.8 Å². The Morgan fingerprint density at radius 1 is 1.24 bits per heavy atom. The molecule has 1 aromatic carbocycles. The van der Waals surface area contributed by atoms with E-state index in [1.807, 2.05) is 24.9 Å². The van der Waals surface area contributed by atoms with Gasteiger partial charge in [-0.1, -0.05) is 30.1 Å². The number of aromatic nitrogens is 2. The Bertz CT molecular complexity index is 988. The highest BCUT2D eigenvalue weighted by molar-refractivity contribution is 6.36. The molecular weight excluding hydrogens is 413 g/mol. The van der Waals surface area contributed by atoms with Crippen molar-refractivity contribution in [3.05, 3.63) is 56.3 Å². The van der Waals surface area contributed by atoms with Crippen molar-refractivity contribution in [2.75, 3.05) is 25.7 Å². The monoisotopic (exact) mass is 437 g/mol. The number of aryl methyl sites for hydroxylation is 1. The summed E-state index contributed by atoms with van der Waals surface area (Å²) >= 11 is 12.5. The fraction of sp³-hybridized carbons (Fsp3) is 0.429. The maximum atomic E-state index is 13.6. The van der Waals surface area contributed by atoms with E-state index in [9.17, 15) is 4.79 Å². The molecule has 0 amide bonds. The van der Waals surface area contributed by atoms with Crippen LogP contribution in [0.1, 0.15) is 26.0 Å². The summed E-state index contributed by atoms with van der Waals surface area (Å²) in [6.07, 6.45) is 3.14. The Hall–Kier alpha value is -2.02. The molecule has 1 aliphatic rings. The van der Waals surface area contributed by atoms with E-state index in [-0.39, 0.29) is 11.6 Å². The zero-order valence-electron chi connectivity index (χ0n) is 17.0. The summed E-state index contributed by atoms with van der Waals surface area (Å²) in [4.78, 5) is 20.4. The first-order valence-electron chi connectivity index (χ1n) is 9.56. The van der Waals surface area contributed by atoms with Crippen LogP contribution in [0, 0.1) is 0 Å². The maximum Gasteiger partial charge on any atom is 0.277 e. The third kappa shape index (κ3) is 4.15. The molecule has 0 saturated heterocycles. The number of anilines is 1. The van der Waals surface area contributed by atoms with Crippen LogP contribution in [-0.4, -0.2) is 36.4 Å².